The van der Waals surface area contributed by atoms with Crippen LogP contribution >= 0.6 is 11.3 Å². The summed E-state index contributed by atoms with van der Waals surface area (Å²) in [5.41, 5.74) is -0.440. The number of hydrogen-bond acceptors (Lipinski definition) is 4. The third-order valence-corrected chi connectivity index (χ3v) is 4.01. The minimum atomic E-state index is -2.65. The minimum absolute atomic E-state index is 0.0429. The zero-order valence-electron chi connectivity index (χ0n) is 12.5. The number of carbonyl (C=O) groups is 1. The van der Waals surface area contributed by atoms with E-state index in [1.54, 1.807) is 13.0 Å². The highest BCUT2D eigenvalue weighted by Crippen LogP contribution is 2.21. The predicted octanol–water partition coefficient (Wildman–Crippen LogP) is 2.09. The molecule has 6 nitrogen and oxygen atoms in total. The van der Waals surface area contributed by atoms with Crippen LogP contribution in [0.25, 0.3) is 0 Å². The number of urea groups is 1. The molecule has 3 N–H and O–H groups in total. The molecule has 1 atom stereocenters. The fourth-order valence-corrected chi connectivity index (χ4v) is 2.77. The first-order valence-electron chi connectivity index (χ1n) is 6.97. The van der Waals surface area contributed by atoms with E-state index in [0.717, 1.165) is 10.1 Å². The van der Waals surface area contributed by atoms with Gasteiger partial charge in [-0.2, -0.15) is 20.1 Å². The Labute approximate surface area is 136 Å². The first kappa shape index (κ1) is 17.4. The molecule has 0 saturated carbocycles. The van der Waals surface area contributed by atoms with Gasteiger partial charge in [0.05, 0.1) is 6.54 Å². The van der Waals surface area contributed by atoms with Crippen molar-refractivity contribution in [3.05, 3.63) is 40.6 Å². The summed E-state index contributed by atoms with van der Waals surface area (Å²) in [5.74, 6) is 0.200. The Balaban J connectivity index is 1.74. The molecule has 0 spiro atoms. The van der Waals surface area contributed by atoms with Gasteiger partial charge in [-0.15, -0.1) is 0 Å². The third kappa shape index (κ3) is 4.73. The molecule has 126 valence electrons. The van der Waals surface area contributed by atoms with Gasteiger partial charge < -0.3 is 15.7 Å². The molecule has 2 rings (SSSR count). The van der Waals surface area contributed by atoms with Crippen LogP contribution < -0.4 is 10.6 Å². The molecule has 2 aromatic heterocycles. The normalized spacial score (nSPS) is 13.8. The highest BCUT2D eigenvalue weighted by molar-refractivity contribution is 7.08. The summed E-state index contributed by atoms with van der Waals surface area (Å²) in [4.78, 5) is 15.5. The molecule has 0 aromatic carbocycles. The van der Waals surface area contributed by atoms with Crippen LogP contribution in [0.15, 0.2) is 29.2 Å². The lowest BCUT2D eigenvalue weighted by Gasteiger charge is -2.22. The van der Waals surface area contributed by atoms with E-state index >= 15 is 0 Å². The fourth-order valence-electron chi connectivity index (χ4n) is 1.99. The molecule has 0 unspecified atom stereocenters. The Morgan fingerprint density at radius 1 is 1.52 bits per heavy atom. The zero-order valence-corrected chi connectivity index (χ0v) is 13.3. The third-order valence-electron chi connectivity index (χ3n) is 3.33. The largest absolute Gasteiger partial charge is 0.384 e. The molecular weight excluding hydrogens is 326 g/mol. The second-order valence-electron chi connectivity index (χ2n) is 5.17. The fraction of sp³-hybridized carbons (Fsp3) is 0.429. The maximum atomic E-state index is 12.6. The van der Waals surface area contributed by atoms with Crippen molar-refractivity contribution in [2.24, 2.45) is 0 Å². The minimum Gasteiger partial charge on any atom is -0.384 e. The summed E-state index contributed by atoms with van der Waals surface area (Å²) in [6, 6.07) is 1.31. The Bertz CT molecular complexity index is 629. The van der Waals surface area contributed by atoms with Gasteiger partial charge in [-0.1, -0.05) is 0 Å². The predicted molar refractivity (Wildman–Crippen MR) is 82.5 cm³/mol. The van der Waals surface area contributed by atoms with E-state index in [2.05, 4.69) is 15.6 Å². The second kappa shape index (κ2) is 7.51. The van der Waals surface area contributed by atoms with Crippen LogP contribution in [0.5, 0.6) is 0 Å². The second-order valence-corrected chi connectivity index (χ2v) is 5.95. The van der Waals surface area contributed by atoms with E-state index in [4.69, 9.17) is 0 Å². The maximum absolute atomic E-state index is 12.6. The van der Waals surface area contributed by atoms with Gasteiger partial charge >= 0.3 is 12.6 Å². The lowest BCUT2D eigenvalue weighted by Crippen LogP contribution is -2.43. The lowest BCUT2D eigenvalue weighted by molar-refractivity contribution is 0.0597. The number of alkyl halides is 2. The van der Waals surface area contributed by atoms with Crippen LogP contribution in [0.2, 0.25) is 0 Å². The molecule has 2 amide bonds. The summed E-state index contributed by atoms with van der Waals surface area (Å²) < 4.78 is 26.0. The molecule has 2 heterocycles. The van der Waals surface area contributed by atoms with Gasteiger partial charge in [-0.05, 0) is 29.3 Å². The van der Waals surface area contributed by atoms with E-state index in [1.165, 1.54) is 23.7 Å². The van der Waals surface area contributed by atoms with Crippen LogP contribution in [0.1, 0.15) is 24.9 Å². The standard InChI is InChI=1S/C14H18F2N4O2S/c1-14(22,10-3-7-23-8-10)9-19-13(21)18-4-2-11-17-5-6-20(11)12(15)16/h3,5-8,12,22H,2,4,9H2,1H3,(H2,18,19,21)/t14-/m0/s1. The Kier molecular flexibility index (Phi) is 5.67. The molecule has 0 saturated heterocycles. The topological polar surface area (TPSA) is 79.2 Å². The summed E-state index contributed by atoms with van der Waals surface area (Å²) in [5, 5.41) is 19.0. The average Bonchev–Trinajstić information content (AvgIpc) is 3.16. The number of imidazole rings is 1. The Morgan fingerprint density at radius 3 is 2.96 bits per heavy atom. The number of thiophene rings is 1. The van der Waals surface area contributed by atoms with Crippen molar-refractivity contribution in [2.75, 3.05) is 13.1 Å². The van der Waals surface area contributed by atoms with Crippen molar-refractivity contribution in [3.8, 4) is 0 Å². The van der Waals surface area contributed by atoms with Gasteiger partial charge in [-0.25, -0.2) is 9.78 Å². The molecule has 2 aromatic rings. The zero-order chi connectivity index (χ0) is 16.9. The van der Waals surface area contributed by atoms with Gasteiger partial charge in [-0.3, -0.25) is 4.57 Å². The molecule has 23 heavy (non-hydrogen) atoms. The first-order valence-corrected chi connectivity index (χ1v) is 7.91. The first-order chi connectivity index (χ1) is 10.9. The van der Waals surface area contributed by atoms with Gasteiger partial charge in [0, 0.05) is 25.4 Å². The number of amides is 2. The smallest absolute Gasteiger partial charge is 0.319 e. The Hall–Kier alpha value is -2.00. The molecule has 0 radical (unpaired) electrons. The van der Waals surface area contributed by atoms with Crippen LogP contribution in [0, 0.1) is 0 Å². The van der Waals surface area contributed by atoms with Gasteiger partial charge in [0.25, 0.3) is 0 Å². The summed E-state index contributed by atoms with van der Waals surface area (Å²) in [6.07, 6.45) is 2.67. The summed E-state index contributed by atoms with van der Waals surface area (Å²) >= 11 is 1.46. The SMILES string of the molecule is C[C@](O)(CNC(=O)NCCc1nccn1C(F)F)c1ccsc1. The van der Waals surface area contributed by atoms with Crippen LogP contribution in [0.3, 0.4) is 0 Å². The van der Waals surface area contributed by atoms with E-state index < -0.39 is 18.2 Å². The highest BCUT2D eigenvalue weighted by Gasteiger charge is 2.24. The van der Waals surface area contributed by atoms with Crippen molar-refractivity contribution in [3.63, 3.8) is 0 Å². The van der Waals surface area contributed by atoms with Crippen molar-refractivity contribution in [1.82, 2.24) is 20.2 Å². The van der Waals surface area contributed by atoms with Crippen LogP contribution in [0.4, 0.5) is 13.6 Å². The molecule has 0 aliphatic rings. The molecule has 0 aliphatic carbocycles. The number of halogens is 2. The monoisotopic (exact) mass is 344 g/mol. The molecule has 9 heteroatoms. The number of hydrogen-bond donors (Lipinski definition) is 3. The summed E-state index contributed by atoms with van der Waals surface area (Å²) in [6.45, 7) is -0.839. The van der Waals surface area contributed by atoms with E-state index in [0.29, 0.717) is 0 Å². The van der Waals surface area contributed by atoms with Crippen molar-refractivity contribution in [1.29, 1.82) is 0 Å². The molecule has 0 fully saturated rings. The molecule has 0 bridgehead atoms. The number of nitrogens with zero attached hydrogens (tertiary/aromatic N) is 2. The van der Waals surface area contributed by atoms with Crippen LogP contribution in [-0.4, -0.2) is 33.8 Å². The van der Waals surface area contributed by atoms with Crippen molar-refractivity contribution < 1.29 is 18.7 Å². The van der Waals surface area contributed by atoms with E-state index in [9.17, 15) is 18.7 Å². The van der Waals surface area contributed by atoms with Crippen molar-refractivity contribution in [2.45, 2.75) is 25.5 Å². The van der Waals surface area contributed by atoms with E-state index in [1.807, 2.05) is 10.8 Å². The van der Waals surface area contributed by atoms with E-state index in [-0.39, 0.29) is 25.3 Å². The van der Waals surface area contributed by atoms with Gasteiger partial charge in [0.15, 0.2) is 0 Å². The number of aliphatic hydroxyl groups is 1. The van der Waals surface area contributed by atoms with Crippen molar-refractivity contribution >= 4 is 17.4 Å². The quantitative estimate of drug-likeness (QED) is 0.720. The molecule has 0 aliphatic heterocycles. The van der Waals surface area contributed by atoms with Crippen LogP contribution in [-0.2, 0) is 12.0 Å². The number of aromatic nitrogens is 2. The van der Waals surface area contributed by atoms with Gasteiger partial charge in [0.2, 0.25) is 0 Å². The average molecular weight is 344 g/mol. The number of rotatable bonds is 7. The molecular formula is C14H18F2N4O2S. The maximum Gasteiger partial charge on any atom is 0.319 e. The Morgan fingerprint density at radius 2 is 2.30 bits per heavy atom. The summed E-state index contributed by atoms with van der Waals surface area (Å²) in [7, 11) is 0. The number of nitrogens with one attached hydrogen (secondary N) is 2. The number of carbonyl (C=O) groups excluding carboxylic acids is 1. The van der Waals surface area contributed by atoms with Gasteiger partial charge in [0.1, 0.15) is 11.4 Å². The lowest BCUT2D eigenvalue weighted by atomic mass is 9.99. The highest BCUT2D eigenvalue weighted by atomic mass is 32.1.